The maximum absolute atomic E-state index is 12.6. The number of piperidine rings is 1. The summed E-state index contributed by atoms with van der Waals surface area (Å²) in [6.45, 7) is 8.08. The van der Waals surface area contributed by atoms with Gasteiger partial charge in [0.2, 0.25) is 6.41 Å². The van der Waals surface area contributed by atoms with E-state index in [4.69, 9.17) is 9.47 Å². The fraction of sp³-hybridized carbons (Fsp3) is 0.650. The number of carbonyl (C=O) groups excluding carboxylic acids is 1. The molecule has 3 saturated heterocycles. The number of fused-ring (bicyclic) bond motifs is 4. The van der Waals surface area contributed by atoms with Gasteiger partial charge in [-0.3, -0.25) is 4.90 Å². The molecule has 3 aliphatic heterocycles. The first-order chi connectivity index (χ1) is 12.3. The average molecular weight is 362 g/mol. The van der Waals surface area contributed by atoms with Crippen molar-refractivity contribution in [3.05, 3.63) is 35.9 Å². The molecular weight excluding hydrogens is 332 g/mol. The lowest BCUT2D eigenvalue weighted by Crippen LogP contribution is -2.49. The van der Waals surface area contributed by atoms with Crippen LogP contribution in [0.3, 0.4) is 0 Å². The summed E-state index contributed by atoms with van der Waals surface area (Å²) < 4.78 is 11.2. The minimum absolute atomic E-state index is 0.0511. The summed E-state index contributed by atoms with van der Waals surface area (Å²) in [7, 11) is 0. The van der Waals surface area contributed by atoms with Gasteiger partial charge in [0, 0.05) is 25.7 Å². The third-order valence-corrected chi connectivity index (χ3v) is 4.95. The van der Waals surface area contributed by atoms with Crippen molar-refractivity contribution in [2.24, 2.45) is 5.92 Å². The van der Waals surface area contributed by atoms with Crippen LogP contribution in [0.5, 0.6) is 0 Å². The van der Waals surface area contributed by atoms with E-state index >= 15 is 0 Å². The molecule has 0 saturated carbocycles. The van der Waals surface area contributed by atoms with E-state index in [9.17, 15) is 9.90 Å². The molecule has 26 heavy (non-hydrogen) atoms. The Morgan fingerprint density at radius 2 is 1.92 bits per heavy atom. The minimum Gasteiger partial charge on any atom is -0.445 e. The van der Waals surface area contributed by atoms with E-state index in [-0.39, 0.29) is 18.7 Å². The highest BCUT2D eigenvalue weighted by Gasteiger charge is 2.40. The summed E-state index contributed by atoms with van der Waals surface area (Å²) in [5.74, 6) is 0.330. The van der Waals surface area contributed by atoms with Gasteiger partial charge in [0.25, 0.3) is 0 Å². The number of aliphatic hydroxyl groups is 1. The highest BCUT2D eigenvalue weighted by molar-refractivity contribution is 5.68. The fourth-order valence-electron chi connectivity index (χ4n) is 3.72. The maximum atomic E-state index is 12.6. The number of amides is 1. The molecule has 1 amide bonds. The van der Waals surface area contributed by atoms with E-state index in [1.165, 1.54) is 0 Å². The van der Waals surface area contributed by atoms with Gasteiger partial charge in [-0.2, -0.15) is 0 Å². The standard InChI is InChI=1S/C20H30N2O4/c1-20(2,3)26-18(23)21-11-16-9-10-17(13-21)22(12-16)19(24)25-14-15-7-5-4-6-8-15/h4-8,16-18,23H,9-14H2,1-3H3/t16-,17+,18?/m1/s1. The summed E-state index contributed by atoms with van der Waals surface area (Å²) >= 11 is 0. The second-order valence-electron chi connectivity index (χ2n) is 8.30. The van der Waals surface area contributed by atoms with Crippen molar-refractivity contribution >= 4 is 6.09 Å². The predicted octanol–water partition coefficient (Wildman–Crippen LogP) is 2.81. The monoisotopic (exact) mass is 362 g/mol. The van der Waals surface area contributed by atoms with E-state index in [2.05, 4.69) is 0 Å². The Kier molecular flexibility index (Phi) is 5.85. The van der Waals surface area contributed by atoms with Crippen LogP contribution < -0.4 is 0 Å². The molecule has 0 radical (unpaired) electrons. The molecule has 3 heterocycles. The quantitative estimate of drug-likeness (QED) is 0.835. The summed E-state index contributed by atoms with van der Waals surface area (Å²) in [6.07, 6.45) is 0.783. The fourth-order valence-corrected chi connectivity index (χ4v) is 3.72. The lowest BCUT2D eigenvalue weighted by Gasteiger charge is -2.35. The third kappa shape index (κ3) is 4.96. The third-order valence-electron chi connectivity index (χ3n) is 4.95. The van der Waals surface area contributed by atoms with Gasteiger partial charge in [-0.25, -0.2) is 4.79 Å². The number of rotatable bonds is 4. The highest BCUT2D eigenvalue weighted by Crippen LogP contribution is 2.30. The second-order valence-corrected chi connectivity index (χ2v) is 8.30. The summed E-state index contributed by atoms with van der Waals surface area (Å²) in [5, 5.41) is 10.4. The molecular formula is C20H30N2O4. The largest absolute Gasteiger partial charge is 0.445 e. The Morgan fingerprint density at radius 1 is 1.19 bits per heavy atom. The van der Waals surface area contributed by atoms with Crippen LogP contribution in [-0.2, 0) is 16.1 Å². The van der Waals surface area contributed by atoms with Gasteiger partial charge in [-0.05, 0) is 45.1 Å². The molecule has 6 nitrogen and oxygen atoms in total. The van der Waals surface area contributed by atoms with Crippen molar-refractivity contribution in [1.82, 2.24) is 9.80 Å². The number of benzene rings is 1. The number of aliphatic hydroxyl groups excluding tert-OH is 1. The zero-order valence-electron chi connectivity index (χ0n) is 15.9. The normalized spacial score (nSPS) is 25.0. The molecule has 3 aliphatic rings. The summed E-state index contributed by atoms with van der Waals surface area (Å²) in [5.41, 5.74) is 0.565. The van der Waals surface area contributed by atoms with Crippen LogP contribution in [-0.4, -0.2) is 58.7 Å². The van der Waals surface area contributed by atoms with Crippen molar-refractivity contribution in [2.75, 3.05) is 19.6 Å². The van der Waals surface area contributed by atoms with Crippen LogP contribution in [0.4, 0.5) is 4.79 Å². The maximum Gasteiger partial charge on any atom is 0.410 e. The van der Waals surface area contributed by atoms with E-state index in [0.717, 1.165) is 24.9 Å². The number of hydrogen-bond acceptors (Lipinski definition) is 5. The molecule has 0 aliphatic carbocycles. The van der Waals surface area contributed by atoms with Crippen LogP contribution in [0.15, 0.2) is 30.3 Å². The first-order valence-corrected chi connectivity index (χ1v) is 9.39. The van der Waals surface area contributed by atoms with E-state index in [1.54, 1.807) is 0 Å². The van der Waals surface area contributed by atoms with Crippen LogP contribution >= 0.6 is 0 Å². The van der Waals surface area contributed by atoms with E-state index in [1.807, 2.05) is 60.9 Å². The zero-order valence-corrected chi connectivity index (χ0v) is 15.9. The molecule has 3 fully saturated rings. The Morgan fingerprint density at radius 3 is 2.62 bits per heavy atom. The van der Waals surface area contributed by atoms with Gasteiger partial charge in [0.15, 0.2) is 0 Å². The number of ether oxygens (including phenoxy) is 2. The molecule has 0 spiro atoms. The van der Waals surface area contributed by atoms with Crippen molar-refractivity contribution in [2.45, 2.75) is 58.3 Å². The second kappa shape index (κ2) is 7.94. The smallest absolute Gasteiger partial charge is 0.410 e. The Bertz CT molecular complexity index is 602. The molecule has 0 aromatic heterocycles. The van der Waals surface area contributed by atoms with Crippen LogP contribution in [0.2, 0.25) is 0 Å². The zero-order chi connectivity index (χ0) is 18.7. The van der Waals surface area contributed by atoms with Crippen LogP contribution in [0, 0.1) is 5.92 Å². The van der Waals surface area contributed by atoms with Gasteiger partial charge < -0.3 is 19.5 Å². The van der Waals surface area contributed by atoms with Gasteiger partial charge >= 0.3 is 6.09 Å². The molecule has 6 heteroatoms. The number of carbonyl (C=O) groups is 1. The highest BCUT2D eigenvalue weighted by atomic mass is 16.6. The molecule has 2 bridgehead atoms. The first kappa shape index (κ1) is 19.1. The van der Waals surface area contributed by atoms with Crippen molar-refractivity contribution in [3.63, 3.8) is 0 Å². The number of nitrogens with zero attached hydrogens (tertiary/aromatic N) is 2. The molecule has 3 atom stereocenters. The number of hydrogen-bond donors (Lipinski definition) is 1. The molecule has 4 rings (SSSR count). The van der Waals surface area contributed by atoms with Gasteiger partial charge in [0.1, 0.15) is 6.61 Å². The Labute approximate surface area is 155 Å². The lowest BCUT2D eigenvalue weighted by atomic mass is 9.95. The molecule has 1 unspecified atom stereocenters. The van der Waals surface area contributed by atoms with Crippen LogP contribution in [0.1, 0.15) is 39.2 Å². The van der Waals surface area contributed by atoms with Gasteiger partial charge in [-0.1, -0.05) is 30.3 Å². The van der Waals surface area contributed by atoms with Crippen LogP contribution in [0.25, 0.3) is 0 Å². The van der Waals surface area contributed by atoms with Gasteiger partial charge in [0.05, 0.1) is 5.60 Å². The van der Waals surface area contributed by atoms with Gasteiger partial charge in [-0.15, -0.1) is 0 Å². The average Bonchev–Trinajstić information content (AvgIpc) is 2.91. The Balaban J connectivity index is 1.60. The lowest BCUT2D eigenvalue weighted by molar-refractivity contribution is -0.239. The SMILES string of the molecule is CC(C)(C)OC(O)N1C[C@H]2CC[C@@H](C1)N(C(=O)OCc1ccccc1)C2. The minimum atomic E-state index is -0.946. The van der Waals surface area contributed by atoms with Crippen molar-refractivity contribution < 1.29 is 19.4 Å². The first-order valence-electron chi connectivity index (χ1n) is 9.39. The topological polar surface area (TPSA) is 62.2 Å². The van der Waals surface area contributed by atoms with Crippen molar-refractivity contribution in [3.8, 4) is 0 Å². The summed E-state index contributed by atoms with van der Waals surface area (Å²) in [4.78, 5) is 16.4. The summed E-state index contributed by atoms with van der Waals surface area (Å²) in [6, 6.07) is 9.76. The molecule has 1 N–H and O–H groups in total. The molecule has 144 valence electrons. The molecule has 1 aromatic carbocycles. The molecule has 1 aromatic rings. The van der Waals surface area contributed by atoms with E-state index in [0.29, 0.717) is 19.0 Å². The van der Waals surface area contributed by atoms with E-state index < -0.39 is 12.0 Å². The predicted molar refractivity (Wildman–Crippen MR) is 98.3 cm³/mol. The Hall–Kier alpha value is -1.63. The van der Waals surface area contributed by atoms with Crippen molar-refractivity contribution in [1.29, 1.82) is 0 Å².